The summed E-state index contributed by atoms with van der Waals surface area (Å²) in [4.78, 5) is 10.6. The first-order chi connectivity index (χ1) is 10.5. The van der Waals surface area contributed by atoms with E-state index in [0.717, 1.165) is 18.2 Å². The first-order valence-corrected chi connectivity index (χ1v) is 6.18. The molecule has 0 heterocycles. The van der Waals surface area contributed by atoms with Gasteiger partial charge in [0.2, 0.25) is 6.41 Å². The van der Waals surface area contributed by atoms with Crippen molar-refractivity contribution in [2.24, 2.45) is 0 Å². The molecule has 0 aliphatic rings. The van der Waals surface area contributed by atoms with Gasteiger partial charge in [0.1, 0.15) is 0 Å². The number of carbonyl (C=O) groups is 1. The van der Waals surface area contributed by atoms with Crippen molar-refractivity contribution >= 4 is 12.1 Å². The maximum absolute atomic E-state index is 12.7. The fourth-order valence-electron chi connectivity index (χ4n) is 1.79. The number of para-hydroxylation sites is 2. The van der Waals surface area contributed by atoms with Crippen LogP contribution in [0.4, 0.5) is 18.9 Å². The monoisotopic (exact) mass is 311 g/mol. The molecule has 0 spiro atoms. The maximum Gasteiger partial charge on any atom is 0.416 e. The minimum Gasteiger partial charge on any atom is -0.493 e. The van der Waals surface area contributed by atoms with Crippen LogP contribution in [0.1, 0.15) is 5.56 Å². The molecule has 0 atom stereocenters. The van der Waals surface area contributed by atoms with Gasteiger partial charge in [-0.1, -0.05) is 12.1 Å². The number of methoxy groups -OCH3 is 1. The number of carbonyl (C=O) groups excluding carboxylic acids is 1. The Morgan fingerprint density at radius 1 is 1.05 bits per heavy atom. The molecule has 1 amide bonds. The molecule has 4 nitrogen and oxygen atoms in total. The van der Waals surface area contributed by atoms with Crippen LogP contribution in [0.3, 0.4) is 0 Å². The lowest BCUT2D eigenvalue weighted by molar-refractivity contribution is -0.137. The summed E-state index contributed by atoms with van der Waals surface area (Å²) in [5, 5.41) is 2.20. The third-order valence-corrected chi connectivity index (χ3v) is 2.81. The Balaban J connectivity index is 2.40. The Bertz CT molecular complexity index is 671. The van der Waals surface area contributed by atoms with Gasteiger partial charge >= 0.3 is 6.18 Å². The Hall–Kier alpha value is -2.70. The lowest BCUT2D eigenvalue weighted by Crippen LogP contribution is -2.07. The zero-order valence-corrected chi connectivity index (χ0v) is 11.5. The average molecular weight is 311 g/mol. The predicted molar refractivity (Wildman–Crippen MR) is 74.2 cm³/mol. The van der Waals surface area contributed by atoms with Gasteiger partial charge in [-0.15, -0.1) is 0 Å². The molecule has 0 radical (unpaired) electrons. The van der Waals surface area contributed by atoms with Gasteiger partial charge < -0.3 is 14.8 Å². The number of hydrogen-bond acceptors (Lipinski definition) is 3. The molecular formula is C15H12F3NO3. The van der Waals surface area contributed by atoms with Crippen molar-refractivity contribution < 1.29 is 27.4 Å². The number of halogens is 3. The number of rotatable bonds is 5. The highest BCUT2D eigenvalue weighted by Gasteiger charge is 2.31. The van der Waals surface area contributed by atoms with Crippen molar-refractivity contribution in [1.29, 1.82) is 0 Å². The molecule has 0 aliphatic carbocycles. The molecular weight excluding hydrogens is 299 g/mol. The van der Waals surface area contributed by atoms with E-state index in [4.69, 9.17) is 9.47 Å². The second kappa shape index (κ2) is 6.38. The molecule has 0 aliphatic heterocycles. The summed E-state index contributed by atoms with van der Waals surface area (Å²) in [6, 6.07) is 9.48. The summed E-state index contributed by atoms with van der Waals surface area (Å²) in [6.07, 6.45) is -4.23. The van der Waals surface area contributed by atoms with E-state index < -0.39 is 11.7 Å². The predicted octanol–water partition coefficient (Wildman–Crippen LogP) is 4.07. The van der Waals surface area contributed by atoms with Crippen LogP contribution in [0.2, 0.25) is 0 Å². The first-order valence-electron chi connectivity index (χ1n) is 6.18. The van der Waals surface area contributed by atoms with Crippen LogP contribution >= 0.6 is 0 Å². The summed E-state index contributed by atoms with van der Waals surface area (Å²) < 4.78 is 48.8. The molecule has 0 saturated heterocycles. The molecule has 2 rings (SSSR count). The highest BCUT2D eigenvalue weighted by atomic mass is 19.4. The summed E-state index contributed by atoms with van der Waals surface area (Å²) >= 11 is 0. The molecule has 2 aromatic carbocycles. The fraction of sp³-hybridized carbons (Fsp3) is 0.133. The van der Waals surface area contributed by atoms with Crippen molar-refractivity contribution in [2.45, 2.75) is 6.18 Å². The third-order valence-electron chi connectivity index (χ3n) is 2.81. The molecule has 0 bridgehead atoms. The Morgan fingerprint density at radius 3 is 2.32 bits per heavy atom. The van der Waals surface area contributed by atoms with Crippen molar-refractivity contribution in [1.82, 2.24) is 0 Å². The van der Waals surface area contributed by atoms with Gasteiger partial charge in [0, 0.05) is 0 Å². The molecule has 0 fully saturated rings. The van der Waals surface area contributed by atoms with E-state index >= 15 is 0 Å². The van der Waals surface area contributed by atoms with Crippen molar-refractivity contribution in [3.05, 3.63) is 48.0 Å². The van der Waals surface area contributed by atoms with Gasteiger partial charge in [-0.05, 0) is 30.3 Å². The summed E-state index contributed by atoms with van der Waals surface area (Å²) in [7, 11) is 1.44. The van der Waals surface area contributed by atoms with Crippen LogP contribution < -0.4 is 14.8 Å². The topological polar surface area (TPSA) is 47.6 Å². The highest BCUT2D eigenvalue weighted by Crippen LogP contribution is 2.38. The van der Waals surface area contributed by atoms with E-state index in [1.165, 1.54) is 7.11 Å². The van der Waals surface area contributed by atoms with E-state index in [9.17, 15) is 18.0 Å². The van der Waals surface area contributed by atoms with Crippen molar-refractivity contribution in [3.8, 4) is 17.2 Å². The van der Waals surface area contributed by atoms with Crippen LogP contribution in [0.25, 0.3) is 0 Å². The number of hydrogen-bond donors (Lipinski definition) is 1. The lowest BCUT2D eigenvalue weighted by atomic mass is 10.1. The SMILES string of the molecule is COc1ccccc1Oc1ccc(C(F)(F)F)cc1NC=O. The van der Waals surface area contributed by atoms with Crippen LogP contribution in [0.5, 0.6) is 17.2 Å². The molecule has 0 saturated carbocycles. The van der Waals surface area contributed by atoms with E-state index in [-0.39, 0.29) is 17.8 Å². The molecule has 22 heavy (non-hydrogen) atoms. The standard InChI is InChI=1S/C15H12F3NO3/c1-21-13-4-2-3-5-14(13)22-12-7-6-10(15(16,17)18)8-11(12)19-9-20/h2-9H,1H3,(H,19,20). The van der Waals surface area contributed by atoms with E-state index in [1.54, 1.807) is 24.3 Å². The second-order valence-electron chi connectivity index (χ2n) is 4.22. The van der Waals surface area contributed by atoms with Crippen LogP contribution in [0, 0.1) is 0 Å². The number of alkyl halides is 3. The lowest BCUT2D eigenvalue weighted by Gasteiger charge is -2.15. The number of anilines is 1. The molecule has 1 N–H and O–H groups in total. The number of nitrogens with one attached hydrogen (secondary N) is 1. The maximum atomic E-state index is 12.7. The van der Waals surface area contributed by atoms with Gasteiger partial charge in [-0.3, -0.25) is 4.79 Å². The fourth-order valence-corrected chi connectivity index (χ4v) is 1.79. The van der Waals surface area contributed by atoms with E-state index in [0.29, 0.717) is 11.5 Å². The zero-order valence-electron chi connectivity index (χ0n) is 11.5. The number of benzene rings is 2. The average Bonchev–Trinajstić information content (AvgIpc) is 2.48. The summed E-state index contributed by atoms with van der Waals surface area (Å²) in [5.74, 6) is 0.808. The highest BCUT2D eigenvalue weighted by molar-refractivity contribution is 5.76. The van der Waals surface area contributed by atoms with Crippen LogP contribution in [-0.4, -0.2) is 13.5 Å². The normalized spacial score (nSPS) is 10.9. The number of amides is 1. The molecule has 2 aromatic rings. The molecule has 7 heteroatoms. The van der Waals surface area contributed by atoms with Gasteiger partial charge in [0.05, 0.1) is 18.4 Å². The van der Waals surface area contributed by atoms with E-state index in [1.807, 2.05) is 0 Å². The second-order valence-corrected chi connectivity index (χ2v) is 4.22. The van der Waals surface area contributed by atoms with Gasteiger partial charge in [0.25, 0.3) is 0 Å². The van der Waals surface area contributed by atoms with Gasteiger partial charge in [0.15, 0.2) is 17.2 Å². The van der Waals surface area contributed by atoms with Gasteiger partial charge in [-0.2, -0.15) is 13.2 Å². The van der Waals surface area contributed by atoms with E-state index in [2.05, 4.69) is 5.32 Å². The Labute approximate surface area is 124 Å². The quantitative estimate of drug-likeness (QED) is 0.847. The zero-order chi connectivity index (χ0) is 16.2. The smallest absolute Gasteiger partial charge is 0.416 e. The minimum absolute atomic E-state index is 0.0737. The van der Waals surface area contributed by atoms with Gasteiger partial charge in [-0.25, -0.2) is 0 Å². The largest absolute Gasteiger partial charge is 0.493 e. The molecule has 0 aromatic heterocycles. The minimum atomic E-state index is -4.51. The van der Waals surface area contributed by atoms with Crippen LogP contribution in [-0.2, 0) is 11.0 Å². The molecule has 0 unspecified atom stereocenters. The summed E-state index contributed by atoms with van der Waals surface area (Å²) in [5.41, 5.74) is -0.972. The Morgan fingerprint density at radius 2 is 1.73 bits per heavy atom. The van der Waals surface area contributed by atoms with Crippen molar-refractivity contribution in [3.63, 3.8) is 0 Å². The van der Waals surface area contributed by atoms with Crippen LogP contribution in [0.15, 0.2) is 42.5 Å². The van der Waals surface area contributed by atoms with Crippen molar-refractivity contribution in [2.75, 3.05) is 12.4 Å². The molecule has 116 valence electrons. The Kier molecular flexibility index (Phi) is 4.55. The summed E-state index contributed by atoms with van der Waals surface area (Å²) in [6.45, 7) is 0. The third kappa shape index (κ3) is 3.49. The first kappa shape index (κ1) is 15.7. The number of ether oxygens (including phenoxy) is 2.